The highest BCUT2D eigenvalue weighted by Gasteiger charge is 2.27. The van der Waals surface area contributed by atoms with Crippen molar-refractivity contribution in [2.24, 2.45) is 5.92 Å². The maximum atomic E-state index is 13.1. The first-order valence-electron chi connectivity index (χ1n) is 12.2. The molecule has 1 aliphatic rings. The lowest BCUT2D eigenvalue weighted by atomic mass is 9.93. The summed E-state index contributed by atoms with van der Waals surface area (Å²) in [4.78, 5) is 35.1. The summed E-state index contributed by atoms with van der Waals surface area (Å²) in [6, 6.07) is 8.25. The Hall–Kier alpha value is -2.25. The third-order valence-electron chi connectivity index (χ3n) is 6.53. The number of aryl methyl sites for hydroxylation is 2. The largest absolute Gasteiger partial charge is 0.356 e. The summed E-state index contributed by atoms with van der Waals surface area (Å²) in [5.74, 6) is 0.561. The quantitative estimate of drug-likeness (QED) is 0.519. The number of nitrogens with zero attached hydrogens (tertiary/aromatic N) is 3. The van der Waals surface area contributed by atoms with Crippen molar-refractivity contribution < 1.29 is 9.59 Å². The van der Waals surface area contributed by atoms with Crippen molar-refractivity contribution in [1.82, 2.24) is 20.1 Å². The van der Waals surface area contributed by atoms with Crippen molar-refractivity contribution in [1.29, 1.82) is 0 Å². The van der Waals surface area contributed by atoms with Crippen molar-refractivity contribution in [3.63, 3.8) is 0 Å². The van der Waals surface area contributed by atoms with Crippen molar-refractivity contribution in [3.05, 3.63) is 40.4 Å². The van der Waals surface area contributed by atoms with Gasteiger partial charge in [-0.2, -0.15) is 0 Å². The highest BCUT2D eigenvalue weighted by atomic mass is 32.1. The molecule has 6 nitrogen and oxygen atoms in total. The molecule has 2 amide bonds. The number of carbonyl (C=O) groups excluding carboxylic acids is 2. The first kappa shape index (κ1) is 25.4. The molecule has 0 unspecified atom stereocenters. The second-order valence-electron chi connectivity index (χ2n) is 8.97. The number of rotatable bonds is 10. The van der Waals surface area contributed by atoms with E-state index in [-0.39, 0.29) is 11.8 Å². The van der Waals surface area contributed by atoms with E-state index in [2.05, 4.69) is 60.2 Å². The van der Waals surface area contributed by atoms with Gasteiger partial charge in [0.1, 0.15) is 9.88 Å². The first-order chi connectivity index (χ1) is 15.9. The van der Waals surface area contributed by atoms with Crippen LogP contribution in [0.4, 0.5) is 0 Å². The van der Waals surface area contributed by atoms with Crippen LogP contribution in [0.5, 0.6) is 0 Å². The predicted octanol–water partition coefficient (Wildman–Crippen LogP) is 4.52. The van der Waals surface area contributed by atoms with Gasteiger partial charge in [-0.3, -0.25) is 9.59 Å². The van der Waals surface area contributed by atoms with Gasteiger partial charge >= 0.3 is 0 Å². The average molecular weight is 471 g/mol. The molecule has 180 valence electrons. The lowest BCUT2D eigenvalue weighted by Crippen LogP contribution is -2.39. The molecule has 7 heteroatoms. The van der Waals surface area contributed by atoms with Gasteiger partial charge in [-0.05, 0) is 58.7 Å². The van der Waals surface area contributed by atoms with E-state index in [0.29, 0.717) is 25.4 Å². The van der Waals surface area contributed by atoms with Gasteiger partial charge in [0.25, 0.3) is 5.91 Å². The normalized spacial score (nSPS) is 14.6. The number of amides is 2. The van der Waals surface area contributed by atoms with E-state index in [1.807, 2.05) is 11.8 Å². The molecular formula is C26H38N4O2S. The Morgan fingerprint density at radius 3 is 2.42 bits per heavy atom. The molecule has 2 heterocycles. The Labute approximate surface area is 202 Å². The summed E-state index contributed by atoms with van der Waals surface area (Å²) in [7, 11) is 0. The van der Waals surface area contributed by atoms with Crippen molar-refractivity contribution in [3.8, 4) is 10.6 Å². The number of thiazole rings is 1. The summed E-state index contributed by atoms with van der Waals surface area (Å²) in [6.45, 7) is 13.6. The van der Waals surface area contributed by atoms with E-state index in [9.17, 15) is 9.59 Å². The molecule has 0 radical (unpaired) electrons. The molecule has 0 saturated carbocycles. The van der Waals surface area contributed by atoms with Crippen LogP contribution in [0.3, 0.4) is 0 Å². The molecule has 0 bridgehead atoms. The zero-order valence-electron chi connectivity index (χ0n) is 20.5. The monoisotopic (exact) mass is 470 g/mol. The number of likely N-dealkylation sites (tertiary alicyclic amines) is 1. The molecule has 0 aliphatic carbocycles. The van der Waals surface area contributed by atoms with Crippen LogP contribution in [0.1, 0.15) is 60.5 Å². The molecular weight excluding hydrogens is 432 g/mol. The lowest BCUT2D eigenvalue weighted by Gasteiger charge is -2.31. The highest BCUT2D eigenvalue weighted by Crippen LogP contribution is 2.30. The minimum Gasteiger partial charge on any atom is -0.356 e. The molecule has 1 saturated heterocycles. The number of nitrogens with one attached hydrogen (secondary N) is 1. The van der Waals surface area contributed by atoms with Crippen LogP contribution < -0.4 is 5.32 Å². The van der Waals surface area contributed by atoms with Crippen LogP contribution in [-0.4, -0.2) is 65.9 Å². The van der Waals surface area contributed by atoms with Crippen LogP contribution >= 0.6 is 11.3 Å². The topological polar surface area (TPSA) is 65.5 Å². The minimum absolute atomic E-state index is 0.0719. The SMILES string of the molecule is CCN(CC)CCCNC(=O)CC1CCN(C(=O)c2sc(-c3ccc(C)cc3)nc2C)CC1. The number of hydrogen-bond acceptors (Lipinski definition) is 5. The maximum Gasteiger partial charge on any atom is 0.265 e. The Kier molecular flexibility index (Phi) is 9.44. The first-order valence-corrected chi connectivity index (χ1v) is 13.1. The van der Waals surface area contributed by atoms with E-state index in [1.54, 1.807) is 0 Å². The fourth-order valence-electron chi connectivity index (χ4n) is 4.30. The van der Waals surface area contributed by atoms with E-state index < -0.39 is 0 Å². The van der Waals surface area contributed by atoms with Crippen LogP contribution in [0.2, 0.25) is 0 Å². The molecule has 1 aromatic carbocycles. The predicted molar refractivity (Wildman–Crippen MR) is 136 cm³/mol. The van der Waals surface area contributed by atoms with Gasteiger partial charge in [0.15, 0.2) is 0 Å². The zero-order valence-corrected chi connectivity index (χ0v) is 21.3. The van der Waals surface area contributed by atoms with Gasteiger partial charge in [-0.1, -0.05) is 43.7 Å². The third kappa shape index (κ3) is 7.11. The summed E-state index contributed by atoms with van der Waals surface area (Å²) in [6.07, 6.45) is 3.30. The summed E-state index contributed by atoms with van der Waals surface area (Å²) < 4.78 is 0. The Morgan fingerprint density at radius 2 is 1.79 bits per heavy atom. The number of carbonyl (C=O) groups is 2. The second-order valence-corrected chi connectivity index (χ2v) is 9.97. The number of benzene rings is 1. The van der Waals surface area contributed by atoms with Gasteiger partial charge in [-0.15, -0.1) is 11.3 Å². The Morgan fingerprint density at radius 1 is 1.12 bits per heavy atom. The summed E-state index contributed by atoms with van der Waals surface area (Å²) in [5.41, 5.74) is 3.06. The van der Waals surface area contributed by atoms with Gasteiger partial charge < -0.3 is 15.1 Å². The van der Waals surface area contributed by atoms with Gasteiger partial charge in [-0.25, -0.2) is 4.98 Å². The summed E-state index contributed by atoms with van der Waals surface area (Å²) in [5, 5.41) is 3.96. The van der Waals surface area contributed by atoms with Crippen molar-refractivity contribution in [2.45, 2.75) is 53.4 Å². The van der Waals surface area contributed by atoms with Crippen LogP contribution in [0, 0.1) is 19.8 Å². The van der Waals surface area contributed by atoms with Gasteiger partial charge in [0, 0.05) is 31.6 Å². The fourth-order valence-corrected chi connectivity index (χ4v) is 5.34. The van der Waals surface area contributed by atoms with Crippen LogP contribution in [-0.2, 0) is 4.79 Å². The molecule has 1 aliphatic heterocycles. The fraction of sp³-hybridized carbons (Fsp3) is 0.577. The Bertz CT molecular complexity index is 913. The van der Waals surface area contributed by atoms with Gasteiger partial charge in [0.05, 0.1) is 5.69 Å². The van der Waals surface area contributed by atoms with Crippen LogP contribution in [0.15, 0.2) is 24.3 Å². The molecule has 3 rings (SSSR count). The smallest absolute Gasteiger partial charge is 0.265 e. The molecule has 0 atom stereocenters. The van der Waals surface area contributed by atoms with Gasteiger partial charge in [0.2, 0.25) is 5.91 Å². The minimum atomic E-state index is 0.0719. The van der Waals surface area contributed by atoms with E-state index in [1.165, 1.54) is 16.9 Å². The van der Waals surface area contributed by atoms with E-state index >= 15 is 0 Å². The average Bonchev–Trinajstić information content (AvgIpc) is 3.21. The number of hydrogen-bond donors (Lipinski definition) is 1. The molecule has 33 heavy (non-hydrogen) atoms. The van der Waals surface area contributed by atoms with E-state index in [4.69, 9.17) is 0 Å². The molecule has 1 fully saturated rings. The molecule has 0 spiro atoms. The zero-order chi connectivity index (χ0) is 23.8. The molecule has 2 aromatic rings. The highest BCUT2D eigenvalue weighted by molar-refractivity contribution is 7.17. The Balaban J connectivity index is 1.44. The number of aromatic nitrogens is 1. The summed E-state index contributed by atoms with van der Waals surface area (Å²) >= 11 is 1.48. The third-order valence-corrected chi connectivity index (χ3v) is 7.73. The van der Waals surface area contributed by atoms with Crippen LogP contribution in [0.25, 0.3) is 10.6 Å². The second kappa shape index (κ2) is 12.3. The standard InChI is InChI=1S/C26H38N4O2S/c1-5-29(6-2)15-7-14-27-23(31)18-21-12-16-30(17-13-21)26(32)24-20(4)28-25(33-24)22-10-8-19(3)9-11-22/h8-11,21H,5-7,12-18H2,1-4H3,(H,27,31). The lowest BCUT2D eigenvalue weighted by molar-refractivity contribution is -0.122. The molecule has 1 aromatic heterocycles. The maximum absolute atomic E-state index is 13.1. The van der Waals surface area contributed by atoms with Crippen molar-refractivity contribution in [2.75, 3.05) is 39.3 Å². The van der Waals surface area contributed by atoms with Crippen molar-refractivity contribution >= 4 is 23.2 Å². The van der Waals surface area contributed by atoms with E-state index in [0.717, 1.165) is 66.6 Å². The number of piperidine rings is 1. The molecule has 1 N–H and O–H groups in total.